The lowest BCUT2D eigenvalue weighted by Crippen LogP contribution is -2.26. The highest BCUT2D eigenvalue weighted by Crippen LogP contribution is 2.33. The first kappa shape index (κ1) is 14.8. The van der Waals surface area contributed by atoms with Gasteiger partial charge in [0.1, 0.15) is 0 Å². The number of hydrogen-bond donors (Lipinski definition) is 1. The highest BCUT2D eigenvalue weighted by Gasteiger charge is 2.19. The Hall–Kier alpha value is -0.610. The second-order valence-electron chi connectivity index (χ2n) is 5.53. The van der Waals surface area contributed by atoms with Crippen molar-refractivity contribution in [1.82, 2.24) is 4.98 Å². The molecule has 0 saturated carbocycles. The van der Waals surface area contributed by atoms with Gasteiger partial charge in [-0.3, -0.25) is 0 Å². The molecule has 0 radical (unpaired) electrons. The molecule has 1 atom stereocenters. The van der Waals surface area contributed by atoms with E-state index in [9.17, 15) is 5.11 Å². The molecule has 108 valence electrons. The zero-order chi connectivity index (χ0) is 13.7. The molecule has 1 saturated heterocycles. The zero-order valence-corrected chi connectivity index (χ0v) is 13.0. The van der Waals surface area contributed by atoms with E-state index in [1.54, 1.807) is 11.3 Å². The first-order chi connectivity index (χ1) is 9.26. The van der Waals surface area contributed by atoms with Gasteiger partial charge in [-0.05, 0) is 25.2 Å². The van der Waals surface area contributed by atoms with Gasteiger partial charge in [0.05, 0.1) is 17.2 Å². The minimum absolute atomic E-state index is 0.130. The minimum Gasteiger partial charge on any atom is -0.391 e. The van der Waals surface area contributed by atoms with E-state index in [-0.39, 0.29) is 6.61 Å². The lowest BCUT2D eigenvalue weighted by molar-refractivity contribution is 0.283. The average Bonchev–Trinajstić information content (AvgIpc) is 2.81. The van der Waals surface area contributed by atoms with Crippen molar-refractivity contribution in [3.63, 3.8) is 0 Å². The van der Waals surface area contributed by atoms with Crippen LogP contribution in [0.3, 0.4) is 0 Å². The third kappa shape index (κ3) is 3.69. The predicted octanol–water partition coefficient (Wildman–Crippen LogP) is 3.92. The maximum atomic E-state index is 9.53. The third-order valence-electron chi connectivity index (χ3n) is 4.07. The molecule has 1 aromatic heterocycles. The van der Waals surface area contributed by atoms with E-state index in [0.717, 1.165) is 35.2 Å². The van der Waals surface area contributed by atoms with Gasteiger partial charge in [-0.1, -0.05) is 44.4 Å². The average molecular weight is 282 g/mol. The van der Waals surface area contributed by atoms with Gasteiger partial charge in [-0.25, -0.2) is 4.98 Å². The fourth-order valence-electron chi connectivity index (χ4n) is 2.62. The number of rotatable bonds is 4. The van der Waals surface area contributed by atoms with Gasteiger partial charge in [0.2, 0.25) is 0 Å². The summed E-state index contributed by atoms with van der Waals surface area (Å²) in [5, 5.41) is 10.7. The quantitative estimate of drug-likeness (QED) is 0.909. The molecule has 0 spiro atoms. The van der Waals surface area contributed by atoms with Crippen LogP contribution in [0.4, 0.5) is 5.13 Å². The molecule has 1 aliphatic heterocycles. The van der Waals surface area contributed by atoms with E-state index in [0.29, 0.717) is 5.92 Å². The van der Waals surface area contributed by atoms with Crippen LogP contribution in [0, 0.1) is 0 Å². The zero-order valence-electron chi connectivity index (χ0n) is 12.2. The van der Waals surface area contributed by atoms with E-state index >= 15 is 0 Å². The fourth-order valence-corrected chi connectivity index (χ4v) is 3.71. The van der Waals surface area contributed by atoms with Crippen LogP contribution in [0.15, 0.2) is 0 Å². The minimum atomic E-state index is 0.130. The van der Waals surface area contributed by atoms with Crippen molar-refractivity contribution < 1.29 is 5.11 Å². The second kappa shape index (κ2) is 7.25. The fraction of sp³-hybridized carbons (Fsp3) is 0.800. The predicted molar refractivity (Wildman–Crippen MR) is 82.0 cm³/mol. The third-order valence-corrected chi connectivity index (χ3v) is 5.18. The molecular weight excluding hydrogens is 256 g/mol. The SMILES string of the molecule is CCC(C)c1nc(N2CCCCCCC2)sc1CO. The Labute approximate surface area is 120 Å². The number of anilines is 1. The number of aromatic nitrogens is 1. The summed E-state index contributed by atoms with van der Waals surface area (Å²) in [5.41, 5.74) is 1.12. The van der Waals surface area contributed by atoms with Crippen molar-refractivity contribution >= 4 is 16.5 Å². The Morgan fingerprint density at radius 1 is 1.21 bits per heavy atom. The molecule has 1 N–H and O–H groups in total. The number of aliphatic hydroxyl groups excluding tert-OH is 1. The van der Waals surface area contributed by atoms with Crippen molar-refractivity contribution in [1.29, 1.82) is 0 Å². The van der Waals surface area contributed by atoms with Crippen molar-refractivity contribution in [2.75, 3.05) is 18.0 Å². The van der Waals surface area contributed by atoms with E-state index in [2.05, 4.69) is 18.7 Å². The summed E-state index contributed by atoms with van der Waals surface area (Å²) >= 11 is 1.69. The van der Waals surface area contributed by atoms with Gasteiger partial charge in [-0.15, -0.1) is 0 Å². The molecule has 1 aliphatic rings. The smallest absolute Gasteiger partial charge is 0.185 e. The van der Waals surface area contributed by atoms with Crippen LogP contribution in [-0.4, -0.2) is 23.2 Å². The number of nitrogens with zero attached hydrogens (tertiary/aromatic N) is 2. The molecule has 0 bridgehead atoms. The van der Waals surface area contributed by atoms with Gasteiger partial charge in [0.25, 0.3) is 0 Å². The van der Waals surface area contributed by atoms with Crippen LogP contribution in [-0.2, 0) is 6.61 Å². The van der Waals surface area contributed by atoms with Gasteiger partial charge in [0, 0.05) is 13.1 Å². The lowest BCUT2D eigenvalue weighted by atomic mass is 10.0. The molecular formula is C15H26N2OS. The van der Waals surface area contributed by atoms with Crippen LogP contribution < -0.4 is 4.90 Å². The molecule has 3 nitrogen and oxygen atoms in total. The van der Waals surface area contributed by atoms with Crippen LogP contribution in [0.5, 0.6) is 0 Å². The lowest BCUT2D eigenvalue weighted by Gasteiger charge is -2.24. The summed E-state index contributed by atoms with van der Waals surface area (Å²) in [4.78, 5) is 8.32. The van der Waals surface area contributed by atoms with Crippen LogP contribution in [0.1, 0.15) is 68.9 Å². The summed E-state index contributed by atoms with van der Waals surface area (Å²) < 4.78 is 0. The second-order valence-corrected chi connectivity index (χ2v) is 6.59. The Morgan fingerprint density at radius 3 is 2.42 bits per heavy atom. The number of hydrogen-bond acceptors (Lipinski definition) is 4. The number of aliphatic hydroxyl groups is 1. The highest BCUT2D eigenvalue weighted by atomic mass is 32.1. The van der Waals surface area contributed by atoms with Crippen molar-refractivity contribution in [3.8, 4) is 0 Å². The van der Waals surface area contributed by atoms with E-state index in [4.69, 9.17) is 4.98 Å². The molecule has 1 aromatic rings. The summed E-state index contributed by atoms with van der Waals surface area (Å²) in [7, 11) is 0. The van der Waals surface area contributed by atoms with Gasteiger partial charge in [-0.2, -0.15) is 0 Å². The Morgan fingerprint density at radius 2 is 1.84 bits per heavy atom. The molecule has 0 aromatic carbocycles. The largest absolute Gasteiger partial charge is 0.391 e. The van der Waals surface area contributed by atoms with E-state index in [1.165, 1.54) is 32.1 Å². The maximum absolute atomic E-state index is 9.53. The maximum Gasteiger partial charge on any atom is 0.185 e. The Balaban J connectivity index is 2.16. The molecule has 0 aliphatic carbocycles. The summed E-state index contributed by atoms with van der Waals surface area (Å²) in [6.07, 6.45) is 7.68. The van der Waals surface area contributed by atoms with Crippen LogP contribution in [0.25, 0.3) is 0 Å². The molecule has 1 unspecified atom stereocenters. The van der Waals surface area contributed by atoms with E-state index in [1.807, 2.05) is 0 Å². The van der Waals surface area contributed by atoms with Crippen molar-refractivity contribution in [2.24, 2.45) is 0 Å². The molecule has 19 heavy (non-hydrogen) atoms. The Bertz CT molecular complexity index is 383. The summed E-state index contributed by atoms with van der Waals surface area (Å²) in [6.45, 7) is 6.76. The highest BCUT2D eigenvalue weighted by molar-refractivity contribution is 7.15. The molecule has 2 rings (SSSR count). The standard InChI is InChI=1S/C15H26N2OS/c1-3-12(2)14-13(11-18)19-15(16-14)17-9-7-5-4-6-8-10-17/h12,18H,3-11H2,1-2H3. The van der Waals surface area contributed by atoms with Crippen molar-refractivity contribution in [3.05, 3.63) is 10.6 Å². The van der Waals surface area contributed by atoms with E-state index < -0.39 is 0 Å². The summed E-state index contributed by atoms with van der Waals surface area (Å²) in [6, 6.07) is 0. The molecule has 1 fully saturated rings. The van der Waals surface area contributed by atoms with Gasteiger partial charge >= 0.3 is 0 Å². The molecule has 0 amide bonds. The monoisotopic (exact) mass is 282 g/mol. The summed E-state index contributed by atoms with van der Waals surface area (Å²) in [5.74, 6) is 0.446. The topological polar surface area (TPSA) is 36.4 Å². The first-order valence-electron chi connectivity index (χ1n) is 7.61. The number of thiazole rings is 1. The van der Waals surface area contributed by atoms with Gasteiger partial charge in [0.15, 0.2) is 5.13 Å². The molecule has 2 heterocycles. The van der Waals surface area contributed by atoms with Crippen molar-refractivity contribution in [2.45, 2.75) is 64.9 Å². The molecule has 4 heteroatoms. The van der Waals surface area contributed by atoms with Crippen LogP contribution in [0.2, 0.25) is 0 Å². The van der Waals surface area contributed by atoms with Gasteiger partial charge < -0.3 is 10.0 Å². The Kier molecular flexibility index (Phi) is 5.64. The first-order valence-corrected chi connectivity index (χ1v) is 8.43. The normalized spacial score (nSPS) is 19.0. The van der Waals surface area contributed by atoms with Crippen LogP contribution >= 0.6 is 11.3 Å².